The van der Waals surface area contributed by atoms with E-state index in [0.29, 0.717) is 22.0 Å². The van der Waals surface area contributed by atoms with Crippen LogP contribution in [0.3, 0.4) is 0 Å². The molecule has 2 N–H and O–H groups in total. The number of aryl methyl sites for hydroxylation is 1. The number of benzene rings is 2. The highest BCUT2D eigenvalue weighted by Crippen LogP contribution is 2.20. The number of nitrogens with zero attached hydrogens (tertiary/aromatic N) is 4. The monoisotopic (exact) mass is 438 g/mol. The van der Waals surface area contributed by atoms with Crippen molar-refractivity contribution in [2.24, 2.45) is 0 Å². The number of aromatic amines is 1. The lowest BCUT2D eigenvalue weighted by atomic mass is 10.1. The van der Waals surface area contributed by atoms with Gasteiger partial charge in [0, 0.05) is 11.1 Å². The number of H-pyrrole nitrogens is 1. The number of aromatic nitrogens is 5. The van der Waals surface area contributed by atoms with Crippen molar-refractivity contribution >= 4 is 18.1 Å². The van der Waals surface area contributed by atoms with Crippen molar-refractivity contribution in [3.05, 3.63) is 70.6 Å². The zero-order chi connectivity index (χ0) is 22.0. The molecule has 2 aromatic heterocycles. The Hall–Kier alpha value is -3.66. The van der Waals surface area contributed by atoms with Crippen molar-refractivity contribution in [2.45, 2.75) is 26.4 Å². The highest BCUT2D eigenvalue weighted by atomic mass is 32.1. The summed E-state index contributed by atoms with van der Waals surface area (Å²) in [5.41, 5.74) is 2.54. The van der Waals surface area contributed by atoms with Crippen LogP contribution in [-0.2, 0) is 11.3 Å². The van der Waals surface area contributed by atoms with Crippen LogP contribution in [0.5, 0.6) is 0 Å². The van der Waals surface area contributed by atoms with Crippen molar-refractivity contribution < 1.29 is 13.7 Å². The van der Waals surface area contributed by atoms with Gasteiger partial charge in [-0.15, -0.1) is 0 Å². The topological polar surface area (TPSA) is 102 Å². The summed E-state index contributed by atoms with van der Waals surface area (Å²) in [6, 6.07) is 13.0. The third-order valence-corrected chi connectivity index (χ3v) is 4.94. The average Bonchev–Trinajstić information content (AvgIpc) is 3.36. The zero-order valence-corrected chi connectivity index (χ0v) is 17.6. The van der Waals surface area contributed by atoms with Gasteiger partial charge in [-0.05, 0) is 56.4 Å². The van der Waals surface area contributed by atoms with Crippen LogP contribution < -0.4 is 5.32 Å². The predicted molar refractivity (Wildman–Crippen MR) is 114 cm³/mol. The van der Waals surface area contributed by atoms with E-state index >= 15 is 0 Å². The molecule has 0 bridgehead atoms. The molecule has 31 heavy (non-hydrogen) atoms. The highest BCUT2D eigenvalue weighted by Gasteiger charge is 2.19. The predicted octanol–water partition coefficient (Wildman–Crippen LogP) is 3.98. The molecule has 0 saturated carbocycles. The van der Waals surface area contributed by atoms with Crippen LogP contribution in [0, 0.1) is 17.5 Å². The molecule has 0 saturated heterocycles. The largest absolute Gasteiger partial charge is 0.343 e. The van der Waals surface area contributed by atoms with Gasteiger partial charge in [-0.2, -0.15) is 10.1 Å². The van der Waals surface area contributed by atoms with E-state index < -0.39 is 6.04 Å². The molecule has 0 fully saturated rings. The number of carbonyl (C=O) groups excluding carboxylic acids is 1. The fraction of sp³-hybridized carbons (Fsp3) is 0.190. The standard InChI is InChI=1S/C21H19FN6O2S/c1-12-4-3-5-15(10-12)19-25-26-21(31)28(19)11-17(29)23-13(2)20-24-18(27-30-20)14-6-8-16(22)9-7-14/h3-10,13H,11H2,1-2H3,(H,23,29)(H,26,31). The second-order valence-electron chi connectivity index (χ2n) is 7.06. The minimum absolute atomic E-state index is 0.0259. The minimum atomic E-state index is -0.530. The van der Waals surface area contributed by atoms with Gasteiger partial charge in [-0.25, -0.2) is 4.39 Å². The van der Waals surface area contributed by atoms with Crippen molar-refractivity contribution in [2.75, 3.05) is 0 Å². The summed E-state index contributed by atoms with van der Waals surface area (Å²) in [7, 11) is 0. The summed E-state index contributed by atoms with van der Waals surface area (Å²) in [5, 5.41) is 13.7. The molecule has 0 aliphatic heterocycles. The molecule has 8 nitrogen and oxygen atoms in total. The molecule has 0 aliphatic carbocycles. The van der Waals surface area contributed by atoms with Gasteiger partial charge >= 0.3 is 0 Å². The third kappa shape index (κ3) is 4.58. The van der Waals surface area contributed by atoms with Crippen LogP contribution in [0.25, 0.3) is 22.8 Å². The summed E-state index contributed by atoms with van der Waals surface area (Å²) in [4.78, 5) is 17.0. The molecule has 0 spiro atoms. The van der Waals surface area contributed by atoms with E-state index in [-0.39, 0.29) is 24.2 Å². The van der Waals surface area contributed by atoms with Crippen LogP contribution in [0.4, 0.5) is 4.39 Å². The van der Waals surface area contributed by atoms with E-state index in [1.807, 2.05) is 31.2 Å². The molecule has 0 radical (unpaired) electrons. The summed E-state index contributed by atoms with van der Waals surface area (Å²) in [6.45, 7) is 3.69. The number of amides is 1. The van der Waals surface area contributed by atoms with E-state index in [4.69, 9.17) is 16.7 Å². The van der Waals surface area contributed by atoms with Crippen LogP contribution in [0.1, 0.15) is 24.4 Å². The molecule has 10 heteroatoms. The van der Waals surface area contributed by atoms with Gasteiger partial charge in [0.05, 0.1) is 0 Å². The molecule has 4 aromatic rings. The van der Waals surface area contributed by atoms with Gasteiger partial charge < -0.3 is 9.84 Å². The molecule has 1 unspecified atom stereocenters. The van der Waals surface area contributed by atoms with Gasteiger partial charge in [-0.3, -0.25) is 14.5 Å². The van der Waals surface area contributed by atoms with Crippen molar-refractivity contribution in [1.82, 2.24) is 30.2 Å². The number of rotatable bonds is 6. The summed E-state index contributed by atoms with van der Waals surface area (Å²) in [5.74, 6) is 0.488. The fourth-order valence-corrected chi connectivity index (χ4v) is 3.29. The van der Waals surface area contributed by atoms with Gasteiger partial charge in [0.2, 0.25) is 17.6 Å². The first-order chi connectivity index (χ1) is 14.9. The van der Waals surface area contributed by atoms with Crippen LogP contribution >= 0.6 is 12.2 Å². The van der Waals surface area contributed by atoms with E-state index in [0.717, 1.165) is 11.1 Å². The van der Waals surface area contributed by atoms with E-state index in [1.165, 1.54) is 12.1 Å². The smallest absolute Gasteiger partial charge is 0.249 e. The first kappa shape index (κ1) is 20.6. The maximum absolute atomic E-state index is 13.1. The molecule has 158 valence electrons. The van der Waals surface area contributed by atoms with Crippen molar-refractivity contribution in [3.63, 3.8) is 0 Å². The maximum Gasteiger partial charge on any atom is 0.249 e. The Morgan fingerprint density at radius 3 is 2.77 bits per heavy atom. The van der Waals surface area contributed by atoms with Crippen LogP contribution in [0.2, 0.25) is 0 Å². The van der Waals surface area contributed by atoms with E-state index in [9.17, 15) is 9.18 Å². The molecular formula is C21H19FN6O2S. The quantitative estimate of drug-likeness (QED) is 0.442. The molecule has 4 rings (SSSR count). The fourth-order valence-electron chi connectivity index (χ4n) is 3.09. The third-order valence-electron chi connectivity index (χ3n) is 4.63. The molecule has 0 aliphatic rings. The summed E-state index contributed by atoms with van der Waals surface area (Å²) >= 11 is 5.30. The first-order valence-corrected chi connectivity index (χ1v) is 9.92. The summed E-state index contributed by atoms with van der Waals surface area (Å²) < 4.78 is 20.3. The van der Waals surface area contributed by atoms with Crippen LogP contribution in [0.15, 0.2) is 53.1 Å². The van der Waals surface area contributed by atoms with Gasteiger partial charge in [0.25, 0.3) is 0 Å². The molecule has 2 aromatic carbocycles. The van der Waals surface area contributed by atoms with E-state index in [2.05, 4.69) is 25.7 Å². The lowest BCUT2D eigenvalue weighted by Gasteiger charge is -2.11. The Labute approximate surface area is 182 Å². The van der Waals surface area contributed by atoms with Crippen LogP contribution in [-0.4, -0.2) is 30.8 Å². The highest BCUT2D eigenvalue weighted by molar-refractivity contribution is 7.71. The lowest BCUT2D eigenvalue weighted by molar-refractivity contribution is -0.122. The molecular weight excluding hydrogens is 419 g/mol. The molecule has 2 heterocycles. The second kappa shape index (κ2) is 8.60. The SMILES string of the molecule is Cc1cccc(-c2n[nH]c(=S)n2CC(=O)NC(C)c2nc(-c3ccc(F)cc3)no2)c1. The molecule has 1 amide bonds. The average molecular weight is 438 g/mol. The Balaban J connectivity index is 1.47. The minimum Gasteiger partial charge on any atom is -0.343 e. The van der Waals surface area contributed by atoms with Gasteiger partial charge in [0.15, 0.2) is 10.6 Å². The summed E-state index contributed by atoms with van der Waals surface area (Å²) in [6.07, 6.45) is 0. The number of hydrogen-bond acceptors (Lipinski definition) is 6. The number of halogens is 1. The number of hydrogen-bond donors (Lipinski definition) is 2. The van der Waals surface area contributed by atoms with Gasteiger partial charge in [0.1, 0.15) is 18.4 Å². The van der Waals surface area contributed by atoms with Gasteiger partial charge in [-0.1, -0.05) is 28.9 Å². The Kier molecular flexibility index (Phi) is 5.72. The van der Waals surface area contributed by atoms with E-state index in [1.54, 1.807) is 23.6 Å². The Morgan fingerprint density at radius 1 is 1.26 bits per heavy atom. The maximum atomic E-state index is 13.1. The number of nitrogens with one attached hydrogen (secondary N) is 2. The lowest BCUT2D eigenvalue weighted by Crippen LogP contribution is -2.30. The van der Waals surface area contributed by atoms with Crippen molar-refractivity contribution in [1.29, 1.82) is 0 Å². The Bertz CT molecular complexity index is 1280. The Morgan fingerprint density at radius 2 is 2.03 bits per heavy atom. The second-order valence-corrected chi connectivity index (χ2v) is 7.45. The zero-order valence-electron chi connectivity index (χ0n) is 16.8. The molecule has 1 atom stereocenters. The number of carbonyl (C=O) groups is 1. The normalized spacial score (nSPS) is 12.0. The first-order valence-electron chi connectivity index (χ1n) is 9.52. The van der Waals surface area contributed by atoms with Crippen molar-refractivity contribution in [3.8, 4) is 22.8 Å².